The average molecular weight is 283 g/mol. The van der Waals surface area contributed by atoms with Crippen molar-refractivity contribution in [1.29, 1.82) is 0 Å². The van der Waals surface area contributed by atoms with E-state index in [1.54, 1.807) is 12.1 Å². The number of nitrogens with two attached hydrogens (primary N) is 1. The Labute approximate surface area is 117 Å². The SMILES string of the molecule is CC(C)CCOc1cc(C=NNC(N)=S)ccc1F. The van der Waals surface area contributed by atoms with Gasteiger partial charge in [0.1, 0.15) is 0 Å². The third kappa shape index (κ3) is 6.15. The van der Waals surface area contributed by atoms with E-state index in [-0.39, 0.29) is 16.7 Å². The summed E-state index contributed by atoms with van der Waals surface area (Å²) in [6, 6.07) is 4.52. The van der Waals surface area contributed by atoms with Crippen LogP contribution in [0, 0.1) is 11.7 Å². The molecule has 1 aromatic rings. The Kier molecular flexibility index (Phi) is 6.21. The molecule has 0 unspecified atom stereocenters. The highest BCUT2D eigenvalue weighted by molar-refractivity contribution is 7.80. The van der Waals surface area contributed by atoms with E-state index in [0.29, 0.717) is 18.1 Å². The number of thiocarbonyl (C=S) groups is 1. The fourth-order valence-corrected chi connectivity index (χ4v) is 1.34. The topological polar surface area (TPSA) is 59.6 Å². The number of hydrogen-bond acceptors (Lipinski definition) is 3. The summed E-state index contributed by atoms with van der Waals surface area (Å²) >= 11 is 4.61. The maximum atomic E-state index is 13.5. The molecule has 0 aromatic heterocycles. The zero-order valence-corrected chi connectivity index (χ0v) is 11.8. The van der Waals surface area contributed by atoms with Gasteiger partial charge in [0.15, 0.2) is 16.7 Å². The Balaban J connectivity index is 2.65. The lowest BCUT2D eigenvalue weighted by Gasteiger charge is -2.09. The van der Waals surface area contributed by atoms with Crippen LogP contribution in [0.3, 0.4) is 0 Å². The van der Waals surface area contributed by atoms with Gasteiger partial charge in [-0.15, -0.1) is 0 Å². The van der Waals surface area contributed by atoms with E-state index in [1.807, 2.05) is 0 Å². The minimum absolute atomic E-state index is 0.0757. The van der Waals surface area contributed by atoms with Crippen molar-refractivity contribution >= 4 is 23.5 Å². The lowest BCUT2D eigenvalue weighted by atomic mass is 10.1. The van der Waals surface area contributed by atoms with E-state index in [4.69, 9.17) is 10.5 Å². The molecule has 4 nitrogen and oxygen atoms in total. The number of halogens is 1. The molecule has 0 fully saturated rings. The van der Waals surface area contributed by atoms with E-state index in [0.717, 1.165) is 6.42 Å². The quantitative estimate of drug-likeness (QED) is 0.478. The molecule has 0 aliphatic carbocycles. The van der Waals surface area contributed by atoms with Gasteiger partial charge >= 0.3 is 0 Å². The molecule has 1 aromatic carbocycles. The minimum Gasteiger partial charge on any atom is -0.490 e. The lowest BCUT2D eigenvalue weighted by molar-refractivity contribution is 0.277. The molecule has 3 N–H and O–H groups in total. The average Bonchev–Trinajstić information content (AvgIpc) is 2.32. The third-order valence-corrected chi connectivity index (χ3v) is 2.39. The van der Waals surface area contributed by atoms with Crippen molar-refractivity contribution in [2.75, 3.05) is 6.61 Å². The molecule has 0 aliphatic heterocycles. The summed E-state index contributed by atoms with van der Waals surface area (Å²) in [5.74, 6) is 0.353. The van der Waals surface area contributed by atoms with Crippen molar-refractivity contribution in [1.82, 2.24) is 5.43 Å². The van der Waals surface area contributed by atoms with Crippen LogP contribution in [0.5, 0.6) is 5.75 Å². The van der Waals surface area contributed by atoms with Gasteiger partial charge in [-0.1, -0.05) is 19.9 Å². The van der Waals surface area contributed by atoms with Crippen LogP contribution in [-0.2, 0) is 0 Å². The zero-order valence-electron chi connectivity index (χ0n) is 11.0. The van der Waals surface area contributed by atoms with Gasteiger partial charge in [0, 0.05) is 0 Å². The smallest absolute Gasteiger partial charge is 0.184 e. The van der Waals surface area contributed by atoms with Gasteiger partial charge < -0.3 is 10.5 Å². The molecule has 0 bridgehead atoms. The molecule has 19 heavy (non-hydrogen) atoms. The van der Waals surface area contributed by atoms with Gasteiger partial charge in [0.25, 0.3) is 0 Å². The van der Waals surface area contributed by atoms with E-state index < -0.39 is 0 Å². The number of nitrogens with one attached hydrogen (secondary N) is 1. The van der Waals surface area contributed by atoms with Crippen molar-refractivity contribution in [2.24, 2.45) is 16.8 Å². The van der Waals surface area contributed by atoms with Crippen molar-refractivity contribution in [2.45, 2.75) is 20.3 Å². The maximum Gasteiger partial charge on any atom is 0.184 e. The second-order valence-corrected chi connectivity index (χ2v) is 4.89. The molecular formula is C13H18FN3OS. The predicted octanol–water partition coefficient (Wildman–Crippen LogP) is 2.42. The zero-order chi connectivity index (χ0) is 14.3. The van der Waals surface area contributed by atoms with Gasteiger partial charge in [-0.3, -0.25) is 5.43 Å². The van der Waals surface area contributed by atoms with Gasteiger partial charge in [-0.2, -0.15) is 5.10 Å². The summed E-state index contributed by atoms with van der Waals surface area (Å²) in [6.07, 6.45) is 2.37. The molecule has 1 rings (SSSR count). The number of hydrazone groups is 1. The molecule has 104 valence electrons. The second kappa shape index (κ2) is 7.68. The summed E-state index contributed by atoms with van der Waals surface area (Å²) in [4.78, 5) is 0. The number of benzene rings is 1. The summed E-state index contributed by atoms with van der Waals surface area (Å²) in [7, 11) is 0. The molecule has 0 saturated carbocycles. The first-order chi connectivity index (χ1) is 8.99. The van der Waals surface area contributed by atoms with Crippen LogP contribution < -0.4 is 15.9 Å². The lowest BCUT2D eigenvalue weighted by Crippen LogP contribution is -2.23. The van der Waals surface area contributed by atoms with Crippen LogP contribution in [0.1, 0.15) is 25.8 Å². The van der Waals surface area contributed by atoms with Gasteiger partial charge in [-0.25, -0.2) is 4.39 Å². The first-order valence-corrected chi connectivity index (χ1v) is 6.40. The van der Waals surface area contributed by atoms with E-state index in [9.17, 15) is 4.39 Å². The van der Waals surface area contributed by atoms with E-state index in [2.05, 4.69) is 36.6 Å². The summed E-state index contributed by atoms with van der Waals surface area (Å²) in [5, 5.41) is 3.88. The molecule has 6 heteroatoms. The molecule has 0 heterocycles. The van der Waals surface area contributed by atoms with E-state index in [1.165, 1.54) is 12.3 Å². The number of rotatable bonds is 6. The van der Waals surface area contributed by atoms with Gasteiger partial charge in [0.2, 0.25) is 0 Å². The van der Waals surface area contributed by atoms with Crippen molar-refractivity contribution in [3.05, 3.63) is 29.6 Å². The van der Waals surface area contributed by atoms with Crippen LogP contribution in [-0.4, -0.2) is 17.9 Å². The summed E-state index contributed by atoms with van der Waals surface area (Å²) in [6.45, 7) is 4.66. The Bertz CT molecular complexity index is 463. The molecule has 0 atom stereocenters. The molecule has 0 saturated heterocycles. The second-order valence-electron chi connectivity index (χ2n) is 4.46. The van der Waals surface area contributed by atoms with E-state index >= 15 is 0 Å². The molecule has 0 spiro atoms. The van der Waals surface area contributed by atoms with Gasteiger partial charge in [-0.05, 0) is 42.3 Å². The predicted molar refractivity (Wildman–Crippen MR) is 78.9 cm³/mol. The minimum atomic E-state index is -0.386. The summed E-state index contributed by atoms with van der Waals surface area (Å²) in [5.41, 5.74) is 8.36. The molecular weight excluding hydrogens is 265 g/mol. The van der Waals surface area contributed by atoms with Crippen LogP contribution in [0.25, 0.3) is 0 Å². The monoisotopic (exact) mass is 283 g/mol. The largest absolute Gasteiger partial charge is 0.490 e. The fourth-order valence-electron chi connectivity index (χ4n) is 1.29. The molecule has 0 radical (unpaired) electrons. The van der Waals surface area contributed by atoms with Gasteiger partial charge in [0.05, 0.1) is 12.8 Å². The maximum absolute atomic E-state index is 13.5. The van der Waals surface area contributed by atoms with Crippen molar-refractivity contribution in [3.8, 4) is 5.75 Å². The standard InChI is InChI=1S/C13H18FN3OS/c1-9(2)5-6-18-12-7-10(3-4-11(12)14)8-16-17-13(15)19/h3-4,7-9H,5-6H2,1-2H3,(H3,15,17,19). The van der Waals surface area contributed by atoms with Crippen LogP contribution in [0.4, 0.5) is 4.39 Å². The summed E-state index contributed by atoms with van der Waals surface area (Å²) < 4.78 is 18.9. The van der Waals surface area contributed by atoms with Crippen LogP contribution >= 0.6 is 12.2 Å². The van der Waals surface area contributed by atoms with Crippen molar-refractivity contribution < 1.29 is 9.13 Å². The number of ether oxygens (including phenoxy) is 1. The fraction of sp³-hybridized carbons (Fsp3) is 0.385. The van der Waals surface area contributed by atoms with Crippen LogP contribution in [0.15, 0.2) is 23.3 Å². The Hall–Kier alpha value is -1.69. The molecule has 0 aliphatic rings. The highest BCUT2D eigenvalue weighted by Crippen LogP contribution is 2.18. The Morgan fingerprint density at radius 1 is 1.58 bits per heavy atom. The first kappa shape index (κ1) is 15.4. The Morgan fingerprint density at radius 2 is 2.32 bits per heavy atom. The highest BCUT2D eigenvalue weighted by Gasteiger charge is 2.04. The number of nitrogens with zero attached hydrogens (tertiary/aromatic N) is 1. The highest BCUT2D eigenvalue weighted by atomic mass is 32.1. The van der Waals surface area contributed by atoms with Crippen LogP contribution in [0.2, 0.25) is 0 Å². The third-order valence-electron chi connectivity index (χ3n) is 2.30. The van der Waals surface area contributed by atoms with Crippen molar-refractivity contribution in [3.63, 3.8) is 0 Å². The number of hydrogen-bond donors (Lipinski definition) is 2. The molecule has 0 amide bonds. The normalized spacial score (nSPS) is 10.9. The first-order valence-electron chi connectivity index (χ1n) is 6.00. The Morgan fingerprint density at radius 3 is 2.95 bits per heavy atom.